The molecule has 3 aromatic carbocycles. The number of nitrogens with two attached hydrogens (primary N) is 3. The molecule has 2 aliphatic heterocycles. The first-order valence-corrected chi connectivity index (χ1v) is 36.3. The number of ether oxygens (including phenoxy) is 1. The maximum atomic E-state index is 14.7. The Morgan fingerprint density at radius 2 is 1.18 bits per heavy atom. The number of aromatic nitrogens is 1. The van der Waals surface area contributed by atoms with Gasteiger partial charge in [0.25, 0.3) is 0 Å². The lowest BCUT2D eigenvalue weighted by Gasteiger charge is -2.30. The molecule has 584 valence electrons. The summed E-state index contributed by atoms with van der Waals surface area (Å²) < 4.78 is 5.54. The number of amides is 13. The van der Waals surface area contributed by atoms with E-state index in [-0.39, 0.29) is 109 Å². The van der Waals surface area contributed by atoms with E-state index in [1.165, 1.54) is 6.92 Å². The van der Waals surface area contributed by atoms with Crippen LogP contribution in [0, 0.1) is 10.8 Å². The molecule has 3 aliphatic rings. The van der Waals surface area contributed by atoms with E-state index in [9.17, 15) is 77.3 Å². The number of nitrogens with one attached hydrogen (secondary N) is 16. The average molecular weight is 1540 g/mol. The third-order valence-corrected chi connectivity index (χ3v) is 18.9. The Balaban J connectivity index is 1.16. The van der Waals surface area contributed by atoms with Gasteiger partial charge in [-0.3, -0.25) is 73.1 Å². The highest BCUT2D eigenvalue weighted by molar-refractivity contribution is 7.80. The highest BCUT2D eigenvalue weighted by Crippen LogP contribution is 2.44. The van der Waals surface area contributed by atoms with Crippen LogP contribution in [0.15, 0.2) is 78.9 Å². The van der Waals surface area contributed by atoms with Gasteiger partial charge in [-0.2, -0.15) is 25.3 Å². The number of nitrogens with zero attached hydrogens (tertiary/aromatic N) is 1. The number of fused-ring (bicyclic) bond motifs is 5. The van der Waals surface area contributed by atoms with Crippen LogP contribution in [0.1, 0.15) is 100 Å². The molecule has 11 atom stereocenters. The lowest BCUT2D eigenvalue weighted by Crippen LogP contribution is -2.61. The number of rotatable bonds is 23. The number of aliphatic hydroxyl groups is 1. The largest absolute Gasteiger partial charge is 0.481 e. The normalized spacial score (nSPS) is 22.8. The third-order valence-electron chi connectivity index (χ3n) is 18.2. The van der Waals surface area contributed by atoms with Crippen molar-refractivity contribution >= 4 is 131 Å². The second-order valence-electron chi connectivity index (χ2n) is 26.1. The van der Waals surface area contributed by atoms with Crippen molar-refractivity contribution in [2.75, 3.05) is 50.9 Å². The molecule has 2 fully saturated rings. The van der Waals surface area contributed by atoms with Gasteiger partial charge in [-0.25, -0.2) is 4.79 Å². The van der Waals surface area contributed by atoms with Gasteiger partial charge in [0.1, 0.15) is 79.6 Å². The maximum absolute atomic E-state index is 14.7. The number of para-hydroxylation sites is 1. The summed E-state index contributed by atoms with van der Waals surface area (Å²) in [6.45, 7) is -0.859. The fourth-order valence-corrected chi connectivity index (χ4v) is 13.1. The quantitative estimate of drug-likeness (QED) is 0.0146. The number of hydrogen-bond acceptors (Lipinski definition) is 20. The molecule has 1 unspecified atom stereocenters. The number of carboxylic acids is 1. The number of aromatic amines is 1. The number of aliphatic hydroxyl groups excluding tert-OH is 1. The summed E-state index contributed by atoms with van der Waals surface area (Å²) in [7, 11) is 0. The molecular formula is C69H94N20O17S2. The molecule has 1 aliphatic carbocycles. The molecule has 4 aromatic rings. The average Bonchev–Trinajstić information content (AvgIpc) is 1.61. The van der Waals surface area contributed by atoms with E-state index in [0.29, 0.717) is 11.2 Å². The molecule has 2 saturated heterocycles. The van der Waals surface area contributed by atoms with E-state index >= 15 is 0 Å². The van der Waals surface area contributed by atoms with Crippen LogP contribution in [0.4, 0.5) is 4.79 Å². The number of carboxylic acid groups (broad SMARTS) is 1. The first kappa shape index (κ1) is 84.0. The monoisotopic (exact) mass is 1540 g/mol. The number of H-pyrrole nitrogens is 1. The van der Waals surface area contributed by atoms with Gasteiger partial charge in [0, 0.05) is 54.7 Å². The van der Waals surface area contributed by atoms with E-state index in [4.69, 9.17) is 32.8 Å². The number of thiol groups is 2. The van der Waals surface area contributed by atoms with Gasteiger partial charge < -0.3 is 111 Å². The molecule has 0 bridgehead atoms. The molecule has 13 amide bonds. The number of alkyl carbamates (subject to hydrolysis) is 1. The summed E-state index contributed by atoms with van der Waals surface area (Å²) in [6.07, 6.45) is -3.25. The molecule has 39 heteroatoms. The van der Waals surface area contributed by atoms with Crippen LogP contribution in [0.3, 0.4) is 0 Å². The zero-order chi connectivity index (χ0) is 78.7. The smallest absolute Gasteiger partial charge is 0.407 e. The third kappa shape index (κ3) is 24.4. The maximum Gasteiger partial charge on any atom is 0.407 e. The fraction of sp³-hybridized carbons (Fsp3) is 0.478. The zero-order valence-electron chi connectivity index (χ0n) is 59.2. The van der Waals surface area contributed by atoms with Crippen molar-refractivity contribution in [2.45, 2.75) is 156 Å². The fourth-order valence-electron chi connectivity index (χ4n) is 12.6. The standard InChI is InChI=1S/C69H94N20O17S2/c1-35-57(95)85-48(28-37-27-36-13-2-7-18-43(36)79-37)61(99)82-46(21-10-24-75-67(71)72)58(96)81-44(56(70)94)19-8-9-20-45(83-64(102)51(33-107)80-54(91)30-77-69(105)106-32-42-40-16-5-3-14-38(40)39-15-4-6-17-41(39)42)59(97)87-50(31-90)62(100)86-49(29-55(92)93)66(104)89-26-12-23-53(89)65(103)84-47(22-11-25-76-68(73)74)60(98)88-52(34-108)63(101)78-35/h2-7,13-18,27,35,42,44-53,79,90,107-108H,8-12,19-26,28-34H2,1H3,(H2,70,94)(H,77,105)(H,78,101)(H,80,91)(H,81,96)(H,82,99)(H,83,102)(H,84,103)(H,85,95)(H,86,100)(H,87,97)(H,88,98)(H,92,93)(H4,71,72,75)(H4,73,74,76)/t35-,44-,45-,46-,47-,48-,49-,50-,51-,52-,53?/m0/s1. The summed E-state index contributed by atoms with van der Waals surface area (Å²) in [4.78, 5) is 200. The van der Waals surface area contributed by atoms with Crippen LogP contribution in [-0.2, 0) is 73.5 Å². The van der Waals surface area contributed by atoms with Crippen molar-refractivity contribution in [3.05, 3.63) is 95.7 Å². The van der Waals surface area contributed by atoms with Gasteiger partial charge in [-0.15, -0.1) is 0 Å². The van der Waals surface area contributed by atoms with Crippen LogP contribution in [0.2, 0.25) is 0 Å². The number of benzene rings is 3. The van der Waals surface area contributed by atoms with Crippen LogP contribution >= 0.6 is 25.3 Å². The Morgan fingerprint density at radius 1 is 0.630 bits per heavy atom. The van der Waals surface area contributed by atoms with Crippen LogP contribution < -0.4 is 86.3 Å². The first-order chi connectivity index (χ1) is 51.6. The van der Waals surface area contributed by atoms with Crippen LogP contribution in [-0.4, -0.2) is 232 Å². The summed E-state index contributed by atoms with van der Waals surface area (Å²) >= 11 is 8.54. The van der Waals surface area contributed by atoms with E-state index in [0.717, 1.165) is 32.5 Å². The van der Waals surface area contributed by atoms with Crippen LogP contribution in [0.5, 0.6) is 0 Å². The number of hydrogen-bond donors (Lipinski definition) is 23. The summed E-state index contributed by atoms with van der Waals surface area (Å²) in [5.74, 6) is -15.8. The Bertz CT molecular complexity index is 3900. The molecule has 0 saturated carbocycles. The molecule has 3 heterocycles. The SMILES string of the molecule is C[C@@H]1NC(=O)[C@H](CS)NC(=O)[C@H](CCCNC(=N)N)NC(=O)C2CCCN2C(=O)[C@H](CC(=O)O)NC(=O)[C@H](CO)NC(=O)[C@@H](NC(=O)[C@H](CS)NC(=O)CNC(=O)OCC2c3ccccc3-c3ccccc32)CCCC[C@@H](C(N)=O)NC(=O)[C@H](CCCNC(=N)N)NC(=O)[C@H](Cc2cc3ccccc3[nH]2)NC1=O. The zero-order valence-corrected chi connectivity index (χ0v) is 61.0. The first-order valence-electron chi connectivity index (χ1n) is 35.1. The van der Waals surface area contributed by atoms with Gasteiger partial charge >= 0.3 is 12.1 Å². The van der Waals surface area contributed by atoms with Crippen molar-refractivity contribution in [2.24, 2.45) is 17.2 Å². The molecule has 0 spiro atoms. The minimum absolute atomic E-state index is 0.0135. The Hall–Kier alpha value is -11.2. The summed E-state index contributed by atoms with van der Waals surface area (Å²) in [6, 6.07) is 6.50. The van der Waals surface area contributed by atoms with E-state index in [1.54, 1.807) is 30.3 Å². The minimum atomic E-state index is -2.00. The lowest BCUT2D eigenvalue weighted by atomic mass is 9.98. The lowest BCUT2D eigenvalue weighted by molar-refractivity contribution is -0.146. The Morgan fingerprint density at radius 3 is 1.78 bits per heavy atom. The number of guanidine groups is 2. The highest BCUT2D eigenvalue weighted by Gasteiger charge is 2.42. The van der Waals surface area contributed by atoms with Crippen molar-refractivity contribution in [1.29, 1.82) is 10.8 Å². The molecule has 0 radical (unpaired) electrons. The molecule has 7 rings (SSSR count). The predicted octanol–water partition coefficient (Wildman–Crippen LogP) is -3.98. The van der Waals surface area contributed by atoms with Gasteiger partial charge in [0.05, 0.1) is 13.0 Å². The topological polar surface area (TPSA) is 590 Å². The number of carbonyl (C=O) groups is 14. The van der Waals surface area contributed by atoms with Crippen molar-refractivity contribution < 1.29 is 82.1 Å². The molecular weight excluding hydrogens is 1450 g/mol. The van der Waals surface area contributed by atoms with Crippen molar-refractivity contribution in [1.82, 2.24) is 79.0 Å². The molecule has 24 N–H and O–H groups in total. The van der Waals surface area contributed by atoms with Gasteiger partial charge in [0.2, 0.25) is 70.9 Å². The van der Waals surface area contributed by atoms with Gasteiger partial charge in [-0.05, 0) is 98.1 Å². The Labute approximate surface area is 631 Å². The Kier molecular flexibility index (Phi) is 31.9. The highest BCUT2D eigenvalue weighted by atomic mass is 32.1. The molecule has 108 heavy (non-hydrogen) atoms. The summed E-state index contributed by atoms with van der Waals surface area (Å²) in [5, 5.41) is 69.1. The van der Waals surface area contributed by atoms with E-state index in [2.05, 4.69) is 99.4 Å². The van der Waals surface area contributed by atoms with E-state index in [1.807, 2.05) is 48.5 Å². The van der Waals surface area contributed by atoms with Crippen molar-refractivity contribution in [3.8, 4) is 11.1 Å². The number of carbonyl (C=O) groups excluding carboxylic acids is 13. The molecule has 1 aromatic heterocycles. The van der Waals surface area contributed by atoms with Crippen molar-refractivity contribution in [3.63, 3.8) is 0 Å². The van der Waals surface area contributed by atoms with Gasteiger partial charge in [0.15, 0.2) is 11.9 Å². The van der Waals surface area contributed by atoms with Crippen LogP contribution in [0.25, 0.3) is 22.0 Å². The molecule has 37 nitrogen and oxygen atoms in total. The second kappa shape index (κ2) is 41.0. The number of primary amides is 1. The van der Waals surface area contributed by atoms with Gasteiger partial charge in [-0.1, -0.05) is 79.6 Å². The minimum Gasteiger partial charge on any atom is -0.481 e. The second-order valence-corrected chi connectivity index (χ2v) is 26.8. The summed E-state index contributed by atoms with van der Waals surface area (Å²) in [5.41, 5.74) is 21.8. The predicted molar refractivity (Wildman–Crippen MR) is 398 cm³/mol. The number of aliphatic carboxylic acids is 1. The van der Waals surface area contributed by atoms with E-state index < -0.39 is 187 Å².